The van der Waals surface area contributed by atoms with Gasteiger partial charge in [-0.25, -0.2) is 18.6 Å². The molecule has 1 aliphatic heterocycles. The van der Waals surface area contributed by atoms with Crippen molar-refractivity contribution in [2.75, 3.05) is 43.8 Å². The third kappa shape index (κ3) is 9.36. The lowest BCUT2D eigenvalue weighted by Crippen LogP contribution is -2.49. The minimum absolute atomic E-state index is 0.0866. The molecule has 0 unspecified atom stereocenters. The largest absolute Gasteiger partial charge is 0.439 e. The SMILES string of the molecule is CCCCN(C(=O)Nc1cc(C(N)=O)c(F)cc1F)C1CCN(Cc2ccc(Oc3ccc(NS(=O)(=O)N(C)C)cc3)nc2C)CC1. The van der Waals surface area contributed by atoms with Crippen LogP contribution in [0.2, 0.25) is 0 Å². The maximum absolute atomic E-state index is 14.5. The first kappa shape index (κ1) is 35.5. The number of aromatic nitrogens is 1. The van der Waals surface area contributed by atoms with Gasteiger partial charge < -0.3 is 20.7 Å². The lowest BCUT2D eigenvalue weighted by Gasteiger charge is -2.38. The first-order chi connectivity index (χ1) is 22.3. The minimum atomic E-state index is -3.61. The second kappa shape index (κ2) is 15.5. The number of unbranched alkanes of at least 4 members (excludes halogenated alkanes) is 1. The highest BCUT2D eigenvalue weighted by molar-refractivity contribution is 7.90. The van der Waals surface area contributed by atoms with Gasteiger partial charge in [-0.1, -0.05) is 19.4 Å². The molecule has 12 nitrogen and oxygen atoms in total. The van der Waals surface area contributed by atoms with Crippen molar-refractivity contribution in [1.29, 1.82) is 0 Å². The fourth-order valence-electron chi connectivity index (χ4n) is 5.17. The molecule has 0 atom stereocenters. The average molecular weight is 674 g/mol. The number of pyridine rings is 1. The van der Waals surface area contributed by atoms with Crippen LogP contribution >= 0.6 is 0 Å². The molecule has 2 heterocycles. The Bertz CT molecular complexity index is 1680. The molecule has 1 aliphatic rings. The average Bonchev–Trinajstić information content (AvgIpc) is 3.01. The number of anilines is 2. The predicted molar refractivity (Wildman–Crippen MR) is 176 cm³/mol. The Kier molecular flexibility index (Phi) is 11.7. The summed E-state index contributed by atoms with van der Waals surface area (Å²) in [5, 5.41) is 2.51. The van der Waals surface area contributed by atoms with E-state index in [4.69, 9.17) is 10.5 Å². The van der Waals surface area contributed by atoms with E-state index < -0.39 is 39.3 Å². The summed E-state index contributed by atoms with van der Waals surface area (Å²) in [4.78, 5) is 33.4. The molecule has 0 spiro atoms. The highest BCUT2D eigenvalue weighted by Crippen LogP contribution is 2.26. The van der Waals surface area contributed by atoms with Crippen LogP contribution in [0, 0.1) is 18.6 Å². The van der Waals surface area contributed by atoms with Gasteiger partial charge in [0.15, 0.2) is 0 Å². The van der Waals surface area contributed by atoms with Crippen molar-refractivity contribution in [3.05, 3.63) is 77.0 Å². The number of hydrogen-bond donors (Lipinski definition) is 3. The fraction of sp³-hybridized carbons (Fsp3) is 0.406. The van der Waals surface area contributed by atoms with Crippen LogP contribution in [0.25, 0.3) is 0 Å². The van der Waals surface area contributed by atoms with Crippen molar-refractivity contribution in [1.82, 2.24) is 19.1 Å². The maximum atomic E-state index is 14.5. The Balaban J connectivity index is 1.34. The number of urea groups is 1. The smallest absolute Gasteiger partial charge is 0.322 e. The maximum Gasteiger partial charge on any atom is 0.322 e. The lowest BCUT2D eigenvalue weighted by molar-refractivity contribution is 0.0996. The second-order valence-corrected chi connectivity index (χ2v) is 13.5. The van der Waals surface area contributed by atoms with Crippen LogP contribution < -0.4 is 20.5 Å². The van der Waals surface area contributed by atoms with Crippen molar-refractivity contribution >= 4 is 33.5 Å². The van der Waals surface area contributed by atoms with Crippen LogP contribution in [-0.4, -0.2) is 79.2 Å². The molecule has 1 saturated heterocycles. The number of hydrogen-bond acceptors (Lipinski definition) is 7. The number of nitrogens with zero attached hydrogens (tertiary/aromatic N) is 4. The molecule has 4 rings (SSSR count). The first-order valence-electron chi connectivity index (χ1n) is 15.3. The van der Waals surface area contributed by atoms with E-state index in [1.165, 1.54) is 14.1 Å². The molecule has 15 heteroatoms. The Morgan fingerprint density at radius 3 is 2.34 bits per heavy atom. The van der Waals surface area contributed by atoms with E-state index in [-0.39, 0.29) is 11.7 Å². The van der Waals surface area contributed by atoms with E-state index in [1.807, 2.05) is 19.9 Å². The van der Waals surface area contributed by atoms with Gasteiger partial charge in [-0.3, -0.25) is 14.4 Å². The number of amides is 3. The van der Waals surface area contributed by atoms with Crippen LogP contribution in [0.4, 0.5) is 25.0 Å². The van der Waals surface area contributed by atoms with E-state index in [2.05, 4.69) is 19.9 Å². The zero-order chi connectivity index (χ0) is 34.3. The van der Waals surface area contributed by atoms with Gasteiger partial charge >= 0.3 is 16.2 Å². The van der Waals surface area contributed by atoms with E-state index in [0.29, 0.717) is 49.3 Å². The topological polar surface area (TPSA) is 150 Å². The third-order valence-electron chi connectivity index (χ3n) is 7.94. The van der Waals surface area contributed by atoms with Crippen molar-refractivity contribution in [3.63, 3.8) is 0 Å². The summed E-state index contributed by atoms with van der Waals surface area (Å²) in [6.45, 7) is 6.49. The van der Waals surface area contributed by atoms with Crippen LogP contribution in [0.1, 0.15) is 54.2 Å². The van der Waals surface area contributed by atoms with Crippen LogP contribution in [0.15, 0.2) is 48.5 Å². The molecule has 3 amide bonds. The van der Waals surface area contributed by atoms with Crippen LogP contribution in [-0.2, 0) is 16.8 Å². The number of piperidine rings is 1. The number of nitrogens with two attached hydrogens (primary N) is 1. The quantitative estimate of drug-likeness (QED) is 0.229. The number of halogens is 2. The van der Waals surface area contributed by atoms with Crippen LogP contribution in [0.5, 0.6) is 11.6 Å². The number of likely N-dealkylation sites (tertiary alicyclic amines) is 1. The van der Waals surface area contributed by atoms with Crippen LogP contribution in [0.3, 0.4) is 0 Å². The van der Waals surface area contributed by atoms with Gasteiger partial charge in [0.1, 0.15) is 17.4 Å². The predicted octanol–water partition coefficient (Wildman–Crippen LogP) is 5.08. The standard InChI is InChI=1S/C32H41F2N7O5S/c1-5-6-15-41(32(43)37-29-18-26(31(35)42)27(33)19-28(29)34)24-13-16-40(17-14-24)20-22-7-12-30(36-21(22)2)46-25-10-8-23(9-11-25)38-47(44,45)39(3)4/h7-12,18-19,24,38H,5-6,13-17,20H2,1-4H3,(H2,35,42)(H,37,43). The highest BCUT2D eigenvalue weighted by Gasteiger charge is 2.29. The monoisotopic (exact) mass is 673 g/mol. The van der Waals surface area contributed by atoms with Crippen molar-refractivity contribution in [2.24, 2.45) is 5.73 Å². The normalized spacial score (nSPS) is 14.2. The minimum Gasteiger partial charge on any atom is -0.439 e. The zero-order valence-electron chi connectivity index (χ0n) is 26.9. The Hall–Kier alpha value is -4.34. The van der Waals surface area contributed by atoms with Gasteiger partial charge in [-0.05, 0) is 62.1 Å². The molecule has 0 aliphatic carbocycles. The number of aryl methyl sites for hydroxylation is 1. The van der Waals surface area contributed by atoms with E-state index in [9.17, 15) is 26.8 Å². The van der Waals surface area contributed by atoms with Crippen molar-refractivity contribution in [3.8, 4) is 11.6 Å². The number of ether oxygens (including phenoxy) is 1. The lowest BCUT2D eigenvalue weighted by atomic mass is 10.0. The zero-order valence-corrected chi connectivity index (χ0v) is 27.7. The van der Waals surface area contributed by atoms with E-state index in [1.54, 1.807) is 35.2 Å². The first-order valence-corrected chi connectivity index (χ1v) is 16.7. The Morgan fingerprint density at radius 2 is 1.74 bits per heavy atom. The molecule has 3 aromatic rings. The van der Waals surface area contributed by atoms with Gasteiger partial charge in [0.2, 0.25) is 5.88 Å². The summed E-state index contributed by atoms with van der Waals surface area (Å²) in [7, 11) is -0.728. The summed E-state index contributed by atoms with van der Waals surface area (Å²) in [5.41, 5.74) is 6.63. The molecule has 0 saturated carbocycles. The van der Waals surface area contributed by atoms with Crippen molar-refractivity contribution in [2.45, 2.75) is 52.1 Å². The van der Waals surface area contributed by atoms with E-state index in [0.717, 1.165) is 47.6 Å². The molecule has 1 fully saturated rings. The molecule has 2 aromatic carbocycles. The highest BCUT2D eigenvalue weighted by atomic mass is 32.2. The number of primary amides is 1. The number of benzene rings is 2. The summed E-state index contributed by atoms with van der Waals surface area (Å²) in [6, 6.07) is 11.1. The molecule has 4 N–H and O–H groups in total. The Labute approximate surface area is 274 Å². The number of rotatable bonds is 13. The fourth-order valence-corrected chi connectivity index (χ4v) is 5.79. The van der Waals surface area contributed by atoms with Gasteiger partial charge in [-0.2, -0.15) is 12.7 Å². The molecular weight excluding hydrogens is 632 g/mol. The molecule has 254 valence electrons. The van der Waals surface area contributed by atoms with Gasteiger partial charge in [-0.15, -0.1) is 0 Å². The summed E-state index contributed by atoms with van der Waals surface area (Å²) < 4.78 is 61.9. The summed E-state index contributed by atoms with van der Waals surface area (Å²) in [5.74, 6) is -2.22. The Morgan fingerprint density at radius 1 is 1.06 bits per heavy atom. The number of nitrogens with one attached hydrogen (secondary N) is 2. The van der Waals surface area contributed by atoms with Gasteiger partial charge in [0.05, 0.1) is 16.9 Å². The summed E-state index contributed by atoms with van der Waals surface area (Å²) >= 11 is 0. The third-order valence-corrected chi connectivity index (χ3v) is 9.40. The summed E-state index contributed by atoms with van der Waals surface area (Å²) in [6.07, 6.45) is 3.01. The molecule has 47 heavy (non-hydrogen) atoms. The van der Waals surface area contributed by atoms with E-state index >= 15 is 0 Å². The molecular formula is C32H41F2N7O5S. The number of carbonyl (C=O) groups is 2. The molecule has 0 radical (unpaired) electrons. The van der Waals surface area contributed by atoms with Gasteiger partial charge in [0, 0.05) is 64.1 Å². The molecule has 0 bridgehead atoms. The van der Waals surface area contributed by atoms with Gasteiger partial charge in [0.25, 0.3) is 5.91 Å². The molecule has 1 aromatic heterocycles. The second-order valence-electron chi connectivity index (χ2n) is 11.6. The van der Waals surface area contributed by atoms with Crippen molar-refractivity contribution < 1.29 is 31.5 Å². The number of carbonyl (C=O) groups excluding carboxylic acids is 2.